The molecule has 0 N–H and O–H groups in total. The Hall–Kier alpha value is -0.810. The number of hydrogen-bond donors (Lipinski definition) is 0. The second-order valence-electron chi connectivity index (χ2n) is 9.13. The molecule has 5 rings (SSSR count). The van der Waals surface area contributed by atoms with E-state index in [1.807, 2.05) is 4.90 Å². The zero-order chi connectivity index (χ0) is 17.4. The van der Waals surface area contributed by atoms with Gasteiger partial charge < -0.3 is 14.5 Å². The first-order valence-corrected chi connectivity index (χ1v) is 10.4. The summed E-state index contributed by atoms with van der Waals surface area (Å²) in [4.78, 5) is 19.1. The Labute approximate surface area is 152 Å². The van der Waals surface area contributed by atoms with E-state index in [-0.39, 0.29) is 6.09 Å². The molecule has 5 heteroatoms. The van der Waals surface area contributed by atoms with Gasteiger partial charge in [0.15, 0.2) is 0 Å². The highest BCUT2D eigenvalue weighted by atomic mass is 16.6. The van der Waals surface area contributed by atoms with Gasteiger partial charge in [-0.3, -0.25) is 4.90 Å². The van der Waals surface area contributed by atoms with Gasteiger partial charge in [0.1, 0.15) is 6.61 Å². The van der Waals surface area contributed by atoms with E-state index in [1.54, 1.807) is 0 Å². The van der Waals surface area contributed by atoms with E-state index in [0.717, 1.165) is 57.0 Å². The Morgan fingerprint density at radius 3 is 2.12 bits per heavy atom. The Kier molecular flexibility index (Phi) is 4.98. The van der Waals surface area contributed by atoms with Crippen molar-refractivity contribution < 1.29 is 9.53 Å². The monoisotopic (exact) mass is 349 g/mol. The van der Waals surface area contributed by atoms with Crippen molar-refractivity contribution in [3.05, 3.63) is 0 Å². The van der Waals surface area contributed by atoms with Crippen LogP contribution in [0.3, 0.4) is 0 Å². The van der Waals surface area contributed by atoms with Crippen LogP contribution in [0.4, 0.5) is 4.79 Å². The van der Waals surface area contributed by atoms with Crippen molar-refractivity contribution in [3.63, 3.8) is 0 Å². The molecule has 1 amide bonds. The molecule has 0 aromatic rings. The number of amides is 1. The van der Waals surface area contributed by atoms with Crippen molar-refractivity contribution in [1.29, 1.82) is 0 Å². The standard InChI is InChI=1S/C20H35N3O2/c1-3-23(8-9-25-19(24)22-6-4-21(2)5-7-22)20-13-16-10-17(14-20)12-18(11-16)15-20/h16-18H,3-15H2,1-2H3. The molecule has 1 aliphatic heterocycles. The fourth-order valence-corrected chi connectivity index (χ4v) is 6.51. The third-order valence-electron chi connectivity index (χ3n) is 7.41. The predicted molar refractivity (Wildman–Crippen MR) is 98.6 cm³/mol. The first kappa shape index (κ1) is 17.6. The van der Waals surface area contributed by atoms with E-state index in [1.165, 1.54) is 38.5 Å². The smallest absolute Gasteiger partial charge is 0.409 e. The average Bonchev–Trinajstić information content (AvgIpc) is 2.57. The molecule has 1 saturated heterocycles. The van der Waals surface area contributed by atoms with Crippen molar-refractivity contribution in [2.45, 2.75) is 51.0 Å². The fourth-order valence-electron chi connectivity index (χ4n) is 6.51. The van der Waals surface area contributed by atoms with Crippen LogP contribution in [-0.4, -0.2) is 79.3 Å². The Morgan fingerprint density at radius 2 is 1.60 bits per heavy atom. The number of piperazine rings is 1. The lowest BCUT2D eigenvalue weighted by molar-refractivity contribution is -0.0912. The molecular formula is C20H35N3O2. The highest BCUT2D eigenvalue weighted by molar-refractivity contribution is 5.67. The topological polar surface area (TPSA) is 36.0 Å². The summed E-state index contributed by atoms with van der Waals surface area (Å²) >= 11 is 0. The van der Waals surface area contributed by atoms with Gasteiger partial charge in [-0.1, -0.05) is 6.92 Å². The maximum absolute atomic E-state index is 12.3. The molecule has 4 saturated carbocycles. The van der Waals surface area contributed by atoms with Crippen LogP contribution in [0.15, 0.2) is 0 Å². The number of nitrogens with zero attached hydrogens (tertiary/aromatic N) is 3. The summed E-state index contributed by atoms with van der Waals surface area (Å²) in [5, 5.41) is 0. The minimum Gasteiger partial charge on any atom is -0.448 e. The maximum Gasteiger partial charge on any atom is 0.409 e. The van der Waals surface area contributed by atoms with Crippen molar-refractivity contribution >= 4 is 6.09 Å². The Morgan fingerprint density at radius 1 is 1.04 bits per heavy atom. The van der Waals surface area contributed by atoms with Gasteiger partial charge in [-0.05, 0) is 69.9 Å². The second-order valence-corrected chi connectivity index (χ2v) is 9.13. The van der Waals surface area contributed by atoms with E-state index in [4.69, 9.17) is 4.74 Å². The molecule has 1 heterocycles. The Balaban J connectivity index is 1.29. The molecule has 4 bridgehead atoms. The molecule has 0 radical (unpaired) electrons. The lowest BCUT2D eigenvalue weighted by Gasteiger charge is -2.60. The molecule has 5 fully saturated rings. The van der Waals surface area contributed by atoms with Crippen LogP contribution in [0.25, 0.3) is 0 Å². The molecule has 5 nitrogen and oxygen atoms in total. The quantitative estimate of drug-likeness (QED) is 0.764. The first-order chi connectivity index (χ1) is 12.1. The highest BCUT2D eigenvalue weighted by Gasteiger charge is 2.53. The molecule has 0 atom stereocenters. The number of rotatable bonds is 5. The van der Waals surface area contributed by atoms with Crippen LogP contribution in [0.1, 0.15) is 45.4 Å². The average molecular weight is 350 g/mol. The lowest BCUT2D eigenvalue weighted by atomic mass is 9.52. The molecule has 0 spiro atoms. The van der Waals surface area contributed by atoms with Crippen molar-refractivity contribution in [1.82, 2.24) is 14.7 Å². The third kappa shape index (κ3) is 3.55. The number of likely N-dealkylation sites (N-methyl/N-ethyl adjacent to an activating group) is 2. The highest BCUT2D eigenvalue weighted by Crippen LogP contribution is 2.57. The predicted octanol–water partition coefficient (Wildman–Crippen LogP) is 2.66. The summed E-state index contributed by atoms with van der Waals surface area (Å²) in [6.07, 6.45) is 8.49. The zero-order valence-corrected chi connectivity index (χ0v) is 16.1. The number of carbonyl (C=O) groups is 1. The molecule has 4 aliphatic carbocycles. The zero-order valence-electron chi connectivity index (χ0n) is 16.1. The van der Waals surface area contributed by atoms with E-state index < -0.39 is 0 Å². The summed E-state index contributed by atoms with van der Waals surface area (Å²) in [7, 11) is 2.10. The molecular weight excluding hydrogens is 314 g/mol. The van der Waals surface area contributed by atoms with Crippen molar-refractivity contribution in [3.8, 4) is 0 Å². The van der Waals surface area contributed by atoms with Gasteiger partial charge in [-0.15, -0.1) is 0 Å². The molecule has 142 valence electrons. The van der Waals surface area contributed by atoms with Gasteiger partial charge in [0.25, 0.3) is 0 Å². The maximum atomic E-state index is 12.3. The second kappa shape index (κ2) is 7.07. The SMILES string of the molecule is CCN(CCOC(=O)N1CCN(C)CC1)C12CC3CC(CC(C3)C1)C2. The first-order valence-electron chi connectivity index (χ1n) is 10.4. The molecule has 5 aliphatic rings. The van der Waals surface area contributed by atoms with Crippen LogP contribution in [-0.2, 0) is 4.74 Å². The third-order valence-corrected chi connectivity index (χ3v) is 7.41. The van der Waals surface area contributed by atoms with Crippen LogP contribution < -0.4 is 0 Å². The van der Waals surface area contributed by atoms with Gasteiger partial charge in [0, 0.05) is 38.3 Å². The number of carbonyl (C=O) groups excluding carboxylic acids is 1. The number of hydrogen-bond acceptors (Lipinski definition) is 4. The molecule has 0 aromatic carbocycles. The van der Waals surface area contributed by atoms with Crippen molar-refractivity contribution in [2.24, 2.45) is 17.8 Å². The van der Waals surface area contributed by atoms with Crippen LogP contribution in [0.2, 0.25) is 0 Å². The van der Waals surface area contributed by atoms with Crippen LogP contribution in [0.5, 0.6) is 0 Å². The molecule has 0 unspecified atom stereocenters. The van der Waals surface area contributed by atoms with E-state index in [9.17, 15) is 4.79 Å². The van der Waals surface area contributed by atoms with Gasteiger partial charge in [0.2, 0.25) is 0 Å². The van der Waals surface area contributed by atoms with Gasteiger partial charge in [-0.2, -0.15) is 0 Å². The summed E-state index contributed by atoms with van der Waals surface area (Å²) in [5.41, 5.74) is 0.420. The minimum absolute atomic E-state index is 0.116. The normalized spacial score (nSPS) is 37.7. The van der Waals surface area contributed by atoms with Crippen LogP contribution >= 0.6 is 0 Å². The molecule has 25 heavy (non-hydrogen) atoms. The number of ether oxygens (including phenoxy) is 1. The van der Waals surface area contributed by atoms with Gasteiger partial charge in [0.05, 0.1) is 0 Å². The van der Waals surface area contributed by atoms with Crippen molar-refractivity contribution in [2.75, 3.05) is 52.9 Å². The van der Waals surface area contributed by atoms with Gasteiger partial charge >= 0.3 is 6.09 Å². The van der Waals surface area contributed by atoms with E-state index >= 15 is 0 Å². The summed E-state index contributed by atoms with van der Waals surface area (Å²) in [5.74, 6) is 2.90. The summed E-state index contributed by atoms with van der Waals surface area (Å²) in [6, 6.07) is 0. The van der Waals surface area contributed by atoms with E-state index in [0.29, 0.717) is 12.1 Å². The fraction of sp³-hybridized carbons (Fsp3) is 0.950. The minimum atomic E-state index is -0.116. The van der Waals surface area contributed by atoms with E-state index in [2.05, 4.69) is 23.8 Å². The Bertz CT molecular complexity index is 452. The summed E-state index contributed by atoms with van der Waals surface area (Å²) < 4.78 is 5.64. The largest absolute Gasteiger partial charge is 0.448 e. The van der Waals surface area contributed by atoms with Gasteiger partial charge in [-0.25, -0.2) is 4.79 Å². The lowest BCUT2D eigenvalue weighted by Crippen LogP contribution is -2.60. The summed E-state index contributed by atoms with van der Waals surface area (Å²) in [6.45, 7) is 8.29. The van der Waals surface area contributed by atoms with Crippen LogP contribution in [0, 0.1) is 17.8 Å². The molecule has 0 aromatic heterocycles.